The third-order valence-corrected chi connectivity index (χ3v) is 6.59. The third-order valence-electron chi connectivity index (χ3n) is 6.59. The van der Waals surface area contributed by atoms with Gasteiger partial charge >= 0.3 is 0 Å². The molecule has 1 atom stereocenters. The lowest BCUT2D eigenvalue weighted by Gasteiger charge is -2.32. The number of fused-ring (bicyclic) bond motifs is 1. The van der Waals surface area contributed by atoms with Crippen LogP contribution in [0.4, 0.5) is 22.7 Å². The lowest BCUT2D eigenvalue weighted by molar-refractivity contribution is -0.783. The van der Waals surface area contributed by atoms with Crippen LogP contribution in [-0.4, -0.2) is 54.9 Å². The van der Waals surface area contributed by atoms with Gasteiger partial charge in [-0.15, -0.1) is 0 Å². The minimum atomic E-state index is -0.301. The lowest BCUT2D eigenvalue weighted by atomic mass is 10.1. The zero-order valence-electron chi connectivity index (χ0n) is 20.5. The van der Waals surface area contributed by atoms with Gasteiger partial charge in [0, 0.05) is 55.7 Å². The maximum absolute atomic E-state index is 12.9. The predicted octanol–water partition coefficient (Wildman–Crippen LogP) is 2.82. The number of amides is 1. The van der Waals surface area contributed by atoms with Gasteiger partial charge in [0.25, 0.3) is 11.9 Å². The average Bonchev–Trinajstić information content (AvgIpc) is 2.88. The lowest BCUT2D eigenvalue weighted by Crippen LogP contribution is -2.98. The molecule has 0 radical (unpaired) electrons. The topological polar surface area (TPSA) is 99.5 Å². The summed E-state index contributed by atoms with van der Waals surface area (Å²) in [5.41, 5.74) is 5.40. The van der Waals surface area contributed by atoms with Crippen molar-refractivity contribution in [3.63, 3.8) is 0 Å². The third kappa shape index (κ3) is 5.55. The number of guanidine groups is 1. The monoisotopic (exact) mass is 485 g/mol. The fourth-order valence-electron chi connectivity index (χ4n) is 4.35. The fourth-order valence-corrected chi connectivity index (χ4v) is 4.35. The first-order valence-electron chi connectivity index (χ1n) is 12.1. The number of para-hydroxylation sites is 1. The van der Waals surface area contributed by atoms with Gasteiger partial charge in [-0.3, -0.25) is 9.69 Å². The van der Waals surface area contributed by atoms with E-state index in [1.807, 2.05) is 67.6 Å². The standard InChI is InChI=1S/C27H31N7O2/c1-19-7-12-22(17-24(19)30-27-29-23-5-3-4-6-25(23)34(36)31-27)28-26(35)21-10-8-20(9-11-21)18-33-15-13-32(2)14-16-33/h3-12,17,34H,13-16,18H2,1-2H3,(H,28,35)(H2,29,30,31). The molecule has 2 aliphatic heterocycles. The van der Waals surface area contributed by atoms with Gasteiger partial charge in [0.1, 0.15) is 5.69 Å². The normalized spacial score (nSPS) is 18.1. The van der Waals surface area contributed by atoms with E-state index in [9.17, 15) is 10.0 Å². The van der Waals surface area contributed by atoms with E-state index in [-0.39, 0.29) is 11.1 Å². The number of carbonyl (C=O) groups is 1. The molecule has 1 saturated heterocycles. The zero-order chi connectivity index (χ0) is 25.1. The number of aryl methyl sites for hydroxylation is 1. The Labute approximate surface area is 211 Å². The van der Waals surface area contributed by atoms with Crippen molar-refractivity contribution in [2.75, 3.05) is 49.2 Å². The molecular formula is C27H31N7O2. The number of nitrogens with zero attached hydrogens (tertiary/aromatic N) is 3. The molecule has 2 aliphatic rings. The molecule has 9 nitrogen and oxygen atoms in total. The van der Waals surface area contributed by atoms with E-state index in [0.717, 1.165) is 44.0 Å². The summed E-state index contributed by atoms with van der Waals surface area (Å²) < 4.78 is 0. The van der Waals surface area contributed by atoms with Gasteiger partial charge in [-0.2, -0.15) is 0 Å². The molecule has 3 aromatic rings. The first kappa shape index (κ1) is 24.0. The summed E-state index contributed by atoms with van der Waals surface area (Å²) in [4.78, 5) is 17.7. The molecule has 5 rings (SSSR count). The van der Waals surface area contributed by atoms with Crippen LogP contribution < -0.4 is 21.1 Å². The molecule has 1 fully saturated rings. The van der Waals surface area contributed by atoms with Crippen LogP contribution in [0.15, 0.2) is 71.8 Å². The minimum Gasteiger partial charge on any atom is -0.601 e. The summed E-state index contributed by atoms with van der Waals surface area (Å²) in [6.07, 6.45) is 0. The molecule has 1 amide bonds. The molecule has 0 aromatic heterocycles. The number of benzene rings is 3. The summed E-state index contributed by atoms with van der Waals surface area (Å²) in [6, 6.07) is 20.7. The fraction of sp³-hybridized carbons (Fsp3) is 0.259. The van der Waals surface area contributed by atoms with Crippen LogP contribution in [0, 0.1) is 12.1 Å². The van der Waals surface area contributed by atoms with Gasteiger partial charge in [0.15, 0.2) is 5.69 Å². The highest BCUT2D eigenvalue weighted by Gasteiger charge is 2.19. The molecule has 9 heteroatoms. The van der Waals surface area contributed by atoms with Crippen molar-refractivity contribution in [1.29, 1.82) is 0 Å². The molecule has 0 spiro atoms. The summed E-state index contributed by atoms with van der Waals surface area (Å²) in [6.45, 7) is 7.14. The van der Waals surface area contributed by atoms with Crippen molar-refractivity contribution in [3.8, 4) is 0 Å². The Kier molecular flexibility index (Phi) is 6.97. The van der Waals surface area contributed by atoms with E-state index in [1.54, 1.807) is 6.07 Å². The van der Waals surface area contributed by atoms with Gasteiger partial charge in [-0.25, -0.2) is 5.17 Å². The quantitative estimate of drug-likeness (QED) is 0.415. The number of rotatable bonds is 5. The Morgan fingerprint density at radius 1 is 1.06 bits per heavy atom. The van der Waals surface area contributed by atoms with Crippen molar-refractivity contribution in [2.24, 2.45) is 5.10 Å². The highest BCUT2D eigenvalue weighted by Crippen LogP contribution is 2.23. The number of hydrogen-bond acceptors (Lipinski definition) is 7. The molecule has 3 aromatic carbocycles. The summed E-state index contributed by atoms with van der Waals surface area (Å²) in [7, 11) is 2.15. The SMILES string of the molecule is Cc1ccc(NC(=O)c2ccc(CN3CCN(C)CC3)cc2)cc1NC1=N[NH+]([O-])c2ccccc2N1. The zero-order valence-corrected chi connectivity index (χ0v) is 20.5. The Hall–Kier alpha value is -3.76. The highest BCUT2D eigenvalue weighted by atomic mass is 16.5. The Morgan fingerprint density at radius 2 is 1.81 bits per heavy atom. The van der Waals surface area contributed by atoms with E-state index in [0.29, 0.717) is 28.6 Å². The van der Waals surface area contributed by atoms with Gasteiger partial charge in [-0.05, 0) is 60.5 Å². The van der Waals surface area contributed by atoms with Crippen molar-refractivity contribution < 1.29 is 9.97 Å². The number of nitrogens with one attached hydrogen (secondary N) is 4. The molecule has 4 N–H and O–H groups in total. The van der Waals surface area contributed by atoms with Crippen LogP contribution in [0.5, 0.6) is 0 Å². The van der Waals surface area contributed by atoms with Gasteiger partial charge in [0.05, 0.1) is 0 Å². The first-order valence-corrected chi connectivity index (χ1v) is 12.1. The number of quaternary nitrogens is 1. The number of hydrogen-bond donors (Lipinski definition) is 4. The van der Waals surface area contributed by atoms with E-state index >= 15 is 0 Å². The van der Waals surface area contributed by atoms with Gasteiger partial charge < -0.3 is 26.1 Å². The number of carbonyl (C=O) groups excluding carboxylic acids is 1. The van der Waals surface area contributed by atoms with Gasteiger partial charge in [-0.1, -0.05) is 30.3 Å². The number of piperazine rings is 1. The van der Waals surface area contributed by atoms with Crippen molar-refractivity contribution in [3.05, 3.63) is 88.6 Å². The van der Waals surface area contributed by atoms with E-state index in [4.69, 9.17) is 0 Å². The van der Waals surface area contributed by atoms with Crippen LogP contribution >= 0.6 is 0 Å². The molecule has 0 saturated carbocycles. The van der Waals surface area contributed by atoms with Gasteiger partial charge in [0.2, 0.25) is 0 Å². The van der Waals surface area contributed by atoms with E-state index in [1.165, 1.54) is 5.56 Å². The number of anilines is 3. The van der Waals surface area contributed by atoms with Crippen molar-refractivity contribution in [2.45, 2.75) is 13.5 Å². The molecule has 1 unspecified atom stereocenters. The molecular weight excluding hydrogens is 454 g/mol. The van der Waals surface area contributed by atoms with Crippen LogP contribution in [0.25, 0.3) is 0 Å². The van der Waals surface area contributed by atoms with Crippen molar-refractivity contribution in [1.82, 2.24) is 9.80 Å². The molecule has 0 bridgehead atoms. The smallest absolute Gasteiger partial charge is 0.260 e. The molecule has 0 aliphatic carbocycles. The number of likely N-dealkylation sites (N-methyl/N-ethyl adjacent to an activating group) is 1. The minimum absolute atomic E-state index is 0.173. The molecule has 2 heterocycles. The second kappa shape index (κ2) is 10.5. The average molecular weight is 486 g/mol. The second-order valence-electron chi connectivity index (χ2n) is 9.32. The first-order chi connectivity index (χ1) is 17.4. The Balaban J connectivity index is 1.22. The summed E-state index contributed by atoms with van der Waals surface area (Å²) >= 11 is 0. The largest absolute Gasteiger partial charge is 0.601 e. The summed E-state index contributed by atoms with van der Waals surface area (Å²) in [5.74, 6) is 0.175. The van der Waals surface area contributed by atoms with E-state index in [2.05, 4.69) is 37.9 Å². The van der Waals surface area contributed by atoms with E-state index < -0.39 is 0 Å². The maximum Gasteiger partial charge on any atom is 0.260 e. The van der Waals surface area contributed by atoms with Crippen LogP contribution in [0.3, 0.4) is 0 Å². The molecule has 36 heavy (non-hydrogen) atoms. The van der Waals surface area contributed by atoms with Crippen LogP contribution in [0.1, 0.15) is 21.5 Å². The van der Waals surface area contributed by atoms with Crippen LogP contribution in [0.2, 0.25) is 0 Å². The maximum atomic E-state index is 12.9. The summed E-state index contributed by atoms with van der Waals surface area (Å²) in [5, 5.41) is 25.5. The second-order valence-corrected chi connectivity index (χ2v) is 9.32. The molecule has 186 valence electrons. The Bertz CT molecular complexity index is 1270. The van der Waals surface area contributed by atoms with Crippen molar-refractivity contribution >= 4 is 34.6 Å². The van der Waals surface area contributed by atoms with Crippen LogP contribution in [-0.2, 0) is 6.54 Å². The Morgan fingerprint density at radius 3 is 2.58 bits per heavy atom. The predicted molar refractivity (Wildman–Crippen MR) is 143 cm³/mol. The highest BCUT2D eigenvalue weighted by molar-refractivity contribution is 6.07.